The van der Waals surface area contributed by atoms with Gasteiger partial charge < -0.3 is 20.3 Å². The largest absolute Gasteiger partial charge is 0.377 e. The fourth-order valence-electron chi connectivity index (χ4n) is 4.73. The first kappa shape index (κ1) is 18.0. The van der Waals surface area contributed by atoms with Crippen molar-refractivity contribution in [3.8, 4) is 0 Å². The Morgan fingerprint density at radius 3 is 3.00 bits per heavy atom. The van der Waals surface area contributed by atoms with E-state index in [2.05, 4.69) is 39.8 Å². The van der Waals surface area contributed by atoms with E-state index in [1.807, 2.05) is 7.05 Å². The molecule has 6 nitrogen and oxygen atoms in total. The third kappa shape index (κ3) is 3.31. The van der Waals surface area contributed by atoms with Crippen LogP contribution >= 0.6 is 11.3 Å². The molecule has 1 aromatic rings. The van der Waals surface area contributed by atoms with Gasteiger partial charge in [-0.2, -0.15) is 0 Å². The van der Waals surface area contributed by atoms with Crippen molar-refractivity contribution in [3.05, 3.63) is 11.1 Å². The van der Waals surface area contributed by atoms with Crippen LogP contribution in [0, 0.1) is 11.3 Å². The number of ether oxygens (including phenoxy) is 1. The number of hydrogen-bond acceptors (Lipinski definition) is 5. The van der Waals surface area contributed by atoms with Crippen LogP contribution in [0.1, 0.15) is 38.8 Å². The van der Waals surface area contributed by atoms with Gasteiger partial charge in [0.2, 0.25) is 0 Å². The van der Waals surface area contributed by atoms with Crippen LogP contribution in [0.15, 0.2) is 10.4 Å². The Morgan fingerprint density at radius 2 is 2.23 bits per heavy atom. The highest BCUT2D eigenvalue weighted by Gasteiger charge is 2.59. The third-order valence-electron chi connectivity index (χ3n) is 6.21. The summed E-state index contributed by atoms with van der Waals surface area (Å²) in [5.41, 5.74) is 1.34. The average Bonchev–Trinajstić information content (AvgIpc) is 3.38. The number of aromatic nitrogens is 1. The molecule has 2 N–H and O–H groups in total. The summed E-state index contributed by atoms with van der Waals surface area (Å²) in [5.74, 6) is 1.51. The van der Waals surface area contributed by atoms with Crippen LogP contribution in [0.2, 0.25) is 0 Å². The second-order valence-electron chi connectivity index (χ2n) is 8.25. The van der Waals surface area contributed by atoms with Crippen LogP contribution < -0.4 is 15.5 Å². The van der Waals surface area contributed by atoms with Gasteiger partial charge in [-0.3, -0.25) is 4.99 Å². The predicted molar refractivity (Wildman–Crippen MR) is 107 cm³/mol. The van der Waals surface area contributed by atoms with Gasteiger partial charge in [0.1, 0.15) is 0 Å². The molecule has 26 heavy (non-hydrogen) atoms. The van der Waals surface area contributed by atoms with Gasteiger partial charge in [-0.25, -0.2) is 4.98 Å². The summed E-state index contributed by atoms with van der Waals surface area (Å²) in [5, 5.41) is 10.5. The van der Waals surface area contributed by atoms with Crippen molar-refractivity contribution in [1.82, 2.24) is 15.6 Å². The Hall–Kier alpha value is -1.34. The highest BCUT2D eigenvalue weighted by molar-refractivity contribution is 7.13. The number of nitrogens with zero attached hydrogens (tertiary/aromatic N) is 3. The molecule has 3 aliphatic rings. The molecule has 7 heteroatoms. The molecule has 0 amide bonds. The van der Waals surface area contributed by atoms with Crippen LogP contribution in [-0.4, -0.2) is 56.4 Å². The summed E-state index contributed by atoms with van der Waals surface area (Å²) in [6.07, 6.45) is 5.07. The van der Waals surface area contributed by atoms with Crippen LogP contribution in [0.25, 0.3) is 0 Å². The molecule has 0 bridgehead atoms. The van der Waals surface area contributed by atoms with Crippen LogP contribution in [0.5, 0.6) is 0 Å². The second-order valence-corrected chi connectivity index (χ2v) is 9.09. The van der Waals surface area contributed by atoms with Crippen LogP contribution in [0.4, 0.5) is 5.13 Å². The molecular weight excluding hydrogens is 346 g/mol. The summed E-state index contributed by atoms with van der Waals surface area (Å²) >= 11 is 1.77. The minimum absolute atomic E-state index is 0.165. The molecule has 1 aromatic heterocycles. The van der Waals surface area contributed by atoms with Crippen molar-refractivity contribution in [2.75, 3.05) is 38.2 Å². The molecule has 3 atom stereocenters. The van der Waals surface area contributed by atoms with Gasteiger partial charge in [0, 0.05) is 62.5 Å². The molecule has 3 heterocycles. The van der Waals surface area contributed by atoms with Gasteiger partial charge in [0.15, 0.2) is 11.1 Å². The van der Waals surface area contributed by atoms with E-state index < -0.39 is 0 Å². The number of thiazole rings is 1. The number of anilines is 1. The van der Waals surface area contributed by atoms with Crippen molar-refractivity contribution >= 4 is 22.4 Å². The Kier molecular flexibility index (Phi) is 5.10. The highest BCUT2D eigenvalue weighted by Crippen LogP contribution is 2.52. The highest BCUT2D eigenvalue weighted by atomic mass is 32.1. The summed E-state index contributed by atoms with van der Waals surface area (Å²) in [6.45, 7) is 8.64. The zero-order valence-corrected chi connectivity index (χ0v) is 16.9. The lowest BCUT2D eigenvalue weighted by atomic mass is 9.57. The molecule has 3 fully saturated rings. The molecule has 1 saturated carbocycles. The number of aliphatic imine (C=N–C) groups is 1. The second kappa shape index (κ2) is 7.35. The van der Waals surface area contributed by atoms with Crippen molar-refractivity contribution in [3.63, 3.8) is 0 Å². The maximum Gasteiger partial charge on any atom is 0.191 e. The molecule has 0 aromatic carbocycles. The number of nitrogens with one attached hydrogen (secondary N) is 2. The molecule has 4 rings (SSSR count). The van der Waals surface area contributed by atoms with Gasteiger partial charge in [0.05, 0.1) is 11.8 Å². The fourth-order valence-corrected chi connectivity index (χ4v) is 5.65. The lowest BCUT2D eigenvalue weighted by molar-refractivity contribution is -0.106. The monoisotopic (exact) mass is 377 g/mol. The Labute approximate surface area is 160 Å². The van der Waals surface area contributed by atoms with E-state index in [4.69, 9.17) is 9.72 Å². The minimum Gasteiger partial charge on any atom is -0.377 e. The standard InChI is InChI=1S/C19H31N5OS/c1-19(2)15(14-7-11-25-16(14)19)23-17(20-3)21-8-6-13-12-26-18(22-13)24-9-4-5-10-24/h12,14-16H,4-11H2,1-3H3,(H2,20,21,23). The first-order chi connectivity index (χ1) is 12.6. The maximum absolute atomic E-state index is 5.88. The number of fused-ring (bicyclic) bond motifs is 1. The quantitative estimate of drug-likeness (QED) is 0.609. The minimum atomic E-state index is 0.165. The first-order valence-corrected chi connectivity index (χ1v) is 10.8. The molecule has 3 unspecified atom stereocenters. The van der Waals surface area contributed by atoms with E-state index in [1.165, 1.54) is 23.7 Å². The summed E-state index contributed by atoms with van der Waals surface area (Å²) in [6, 6.07) is 0.433. The number of rotatable bonds is 5. The third-order valence-corrected chi connectivity index (χ3v) is 7.16. The van der Waals surface area contributed by atoms with Crippen molar-refractivity contribution < 1.29 is 4.74 Å². The average molecular weight is 378 g/mol. The van der Waals surface area contributed by atoms with Crippen LogP contribution in [-0.2, 0) is 11.2 Å². The van der Waals surface area contributed by atoms with E-state index in [0.717, 1.165) is 45.0 Å². The number of guanidine groups is 1. The Morgan fingerprint density at radius 1 is 1.42 bits per heavy atom. The van der Waals surface area contributed by atoms with E-state index >= 15 is 0 Å². The van der Waals surface area contributed by atoms with Crippen molar-refractivity contribution in [2.24, 2.45) is 16.3 Å². The van der Waals surface area contributed by atoms with Gasteiger partial charge in [-0.05, 0) is 19.3 Å². The lowest BCUT2D eigenvalue weighted by Crippen LogP contribution is -2.68. The normalized spacial score (nSPS) is 30.2. The zero-order valence-electron chi connectivity index (χ0n) is 16.1. The summed E-state index contributed by atoms with van der Waals surface area (Å²) < 4.78 is 5.88. The predicted octanol–water partition coefficient (Wildman–Crippen LogP) is 2.26. The zero-order chi connectivity index (χ0) is 18.1. The van der Waals surface area contributed by atoms with Crippen molar-refractivity contribution in [1.29, 1.82) is 0 Å². The van der Waals surface area contributed by atoms with Gasteiger partial charge in [0.25, 0.3) is 0 Å². The molecule has 0 radical (unpaired) electrons. The molecule has 2 aliphatic heterocycles. The van der Waals surface area contributed by atoms with Gasteiger partial charge >= 0.3 is 0 Å². The van der Waals surface area contributed by atoms with E-state index in [9.17, 15) is 0 Å². The first-order valence-electron chi connectivity index (χ1n) is 9.88. The lowest BCUT2D eigenvalue weighted by Gasteiger charge is -2.54. The van der Waals surface area contributed by atoms with Crippen molar-refractivity contribution in [2.45, 2.75) is 51.7 Å². The van der Waals surface area contributed by atoms with E-state index in [0.29, 0.717) is 18.1 Å². The summed E-state index contributed by atoms with van der Waals surface area (Å²) in [4.78, 5) is 11.6. The van der Waals surface area contributed by atoms with E-state index in [-0.39, 0.29) is 5.41 Å². The molecule has 1 aliphatic carbocycles. The number of hydrogen-bond donors (Lipinski definition) is 2. The fraction of sp³-hybridized carbons (Fsp3) is 0.789. The van der Waals surface area contributed by atoms with Gasteiger partial charge in [-0.15, -0.1) is 11.3 Å². The maximum atomic E-state index is 5.88. The van der Waals surface area contributed by atoms with E-state index in [1.54, 1.807) is 11.3 Å². The molecule has 0 spiro atoms. The molecule has 2 saturated heterocycles. The Bertz CT molecular complexity index is 652. The molecular formula is C19H31N5OS. The summed E-state index contributed by atoms with van der Waals surface area (Å²) in [7, 11) is 1.85. The topological polar surface area (TPSA) is 61.8 Å². The molecule has 144 valence electrons. The van der Waals surface area contributed by atoms with Crippen LogP contribution in [0.3, 0.4) is 0 Å². The Balaban J connectivity index is 1.26. The smallest absolute Gasteiger partial charge is 0.191 e. The van der Waals surface area contributed by atoms with Gasteiger partial charge in [-0.1, -0.05) is 13.8 Å². The SMILES string of the molecule is CN=C(NCCc1csc(N2CCCC2)n1)NC1C2CCOC2C1(C)C.